The SMILES string of the molecule is Cc1cnc2c(c1)S(=O)(=O)N(Cc1cc([C@H](CC(=O)O)c3ccn4c(C(F)(F)F)nnc4c3C)ccc1C)C[C@@H]1CCCCN21. The molecule has 3 aromatic heterocycles. The number of halogens is 3. The molecule has 6 rings (SSSR count). The van der Waals surface area contributed by atoms with E-state index in [1.54, 1.807) is 25.3 Å². The first-order valence-corrected chi connectivity index (χ1v) is 16.2. The van der Waals surface area contributed by atoms with Gasteiger partial charge in [0.15, 0.2) is 5.65 Å². The average Bonchev–Trinajstić information content (AvgIpc) is 3.40. The van der Waals surface area contributed by atoms with Gasteiger partial charge >= 0.3 is 12.1 Å². The van der Waals surface area contributed by atoms with Gasteiger partial charge in [0, 0.05) is 44.0 Å². The Morgan fingerprint density at radius 3 is 2.62 bits per heavy atom. The number of nitrogens with zero attached hydrogens (tertiary/aromatic N) is 6. The summed E-state index contributed by atoms with van der Waals surface area (Å²) in [6, 6.07) is 8.52. The molecule has 14 heteroatoms. The second-order valence-corrected chi connectivity index (χ2v) is 13.8. The van der Waals surface area contributed by atoms with Gasteiger partial charge in [-0.05, 0) is 85.5 Å². The molecule has 0 bridgehead atoms. The average molecular weight is 643 g/mol. The lowest BCUT2D eigenvalue weighted by molar-refractivity contribution is -0.145. The van der Waals surface area contributed by atoms with Crippen molar-refractivity contribution in [3.05, 3.63) is 81.9 Å². The minimum Gasteiger partial charge on any atom is -0.481 e. The Morgan fingerprint density at radius 1 is 1.11 bits per heavy atom. The number of hydrogen-bond acceptors (Lipinski definition) is 7. The summed E-state index contributed by atoms with van der Waals surface area (Å²) >= 11 is 0. The molecule has 0 aliphatic carbocycles. The zero-order valence-corrected chi connectivity index (χ0v) is 25.9. The molecule has 10 nitrogen and oxygen atoms in total. The number of piperidine rings is 1. The molecule has 238 valence electrons. The number of carboxylic acid groups (broad SMARTS) is 1. The summed E-state index contributed by atoms with van der Waals surface area (Å²) in [5.41, 5.74) is 3.73. The summed E-state index contributed by atoms with van der Waals surface area (Å²) < 4.78 is 71.1. The van der Waals surface area contributed by atoms with E-state index in [-0.39, 0.29) is 36.1 Å². The Morgan fingerprint density at radius 2 is 1.89 bits per heavy atom. The van der Waals surface area contributed by atoms with Crippen LogP contribution in [0.4, 0.5) is 19.0 Å². The van der Waals surface area contributed by atoms with Gasteiger partial charge in [0.05, 0.1) is 6.42 Å². The van der Waals surface area contributed by atoms with Crippen LogP contribution < -0.4 is 4.90 Å². The van der Waals surface area contributed by atoms with Crippen molar-refractivity contribution in [3.63, 3.8) is 0 Å². The van der Waals surface area contributed by atoms with Gasteiger partial charge in [-0.3, -0.25) is 9.20 Å². The first-order valence-electron chi connectivity index (χ1n) is 14.7. The number of fused-ring (bicyclic) bond motifs is 4. The molecule has 45 heavy (non-hydrogen) atoms. The van der Waals surface area contributed by atoms with Crippen LogP contribution in [0.25, 0.3) is 5.65 Å². The van der Waals surface area contributed by atoms with Gasteiger partial charge in [-0.15, -0.1) is 10.2 Å². The Kier molecular flexibility index (Phi) is 7.84. The fourth-order valence-electron chi connectivity index (χ4n) is 6.55. The van der Waals surface area contributed by atoms with Crippen LogP contribution in [0.3, 0.4) is 0 Å². The van der Waals surface area contributed by atoms with E-state index in [1.807, 2.05) is 26.0 Å². The third-order valence-electron chi connectivity index (χ3n) is 8.90. The molecule has 2 atom stereocenters. The number of benzene rings is 1. The monoisotopic (exact) mass is 642 g/mol. The number of aromatic nitrogens is 4. The summed E-state index contributed by atoms with van der Waals surface area (Å²) in [6.07, 6.45) is 0.624. The van der Waals surface area contributed by atoms with E-state index in [1.165, 1.54) is 16.6 Å². The molecular weight excluding hydrogens is 609 g/mol. The van der Waals surface area contributed by atoms with Crippen molar-refractivity contribution in [1.82, 2.24) is 23.9 Å². The predicted octanol–water partition coefficient (Wildman–Crippen LogP) is 5.24. The number of pyridine rings is 2. The van der Waals surface area contributed by atoms with E-state index in [9.17, 15) is 31.5 Å². The maximum atomic E-state index is 14.1. The van der Waals surface area contributed by atoms with Crippen molar-refractivity contribution in [2.24, 2.45) is 0 Å². The summed E-state index contributed by atoms with van der Waals surface area (Å²) in [5.74, 6) is -2.51. The highest BCUT2D eigenvalue weighted by molar-refractivity contribution is 7.89. The van der Waals surface area contributed by atoms with E-state index in [0.717, 1.165) is 41.3 Å². The summed E-state index contributed by atoms with van der Waals surface area (Å²) in [5, 5.41) is 16.9. The van der Waals surface area contributed by atoms with Crippen LogP contribution in [0.2, 0.25) is 0 Å². The lowest BCUT2D eigenvalue weighted by Gasteiger charge is -2.36. The standard InChI is InChI=1S/C31H33F3N6O4S/c1-18-12-26-29(35-15-18)39-10-5-4-6-23(39)17-38(45(26,43)44)16-22-13-21(8-7-19(22)2)25(14-27(41)42)24-9-11-40-28(20(24)3)36-37-30(40)31(32,33)34/h7-9,11-13,15,23,25H,4-6,10,14,16-17H2,1-3H3,(H,41,42)/t23-,25-/m0/s1. The van der Waals surface area contributed by atoms with E-state index in [0.29, 0.717) is 28.1 Å². The summed E-state index contributed by atoms with van der Waals surface area (Å²) in [6.45, 7) is 6.35. The molecule has 0 radical (unpaired) electrons. The largest absolute Gasteiger partial charge is 0.481 e. The van der Waals surface area contributed by atoms with Crippen LogP contribution >= 0.6 is 0 Å². The second kappa shape index (κ2) is 11.4. The Bertz CT molecular complexity index is 1910. The summed E-state index contributed by atoms with van der Waals surface area (Å²) in [4.78, 5) is 18.9. The molecule has 1 N–H and O–H groups in total. The number of aliphatic carboxylic acids is 1. The quantitative estimate of drug-likeness (QED) is 0.303. The zero-order valence-electron chi connectivity index (χ0n) is 25.0. The van der Waals surface area contributed by atoms with E-state index >= 15 is 0 Å². The number of anilines is 1. The van der Waals surface area contributed by atoms with Gasteiger partial charge in [0.2, 0.25) is 15.8 Å². The maximum Gasteiger partial charge on any atom is 0.452 e. The van der Waals surface area contributed by atoms with E-state index < -0.39 is 33.9 Å². The van der Waals surface area contributed by atoms with Gasteiger partial charge in [-0.1, -0.05) is 18.2 Å². The van der Waals surface area contributed by atoms with Crippen LogP contribution in [-0.4, -0.2) is 62.5 Å². The first-order chi connectivity index (χ1) is 21.3. The van der Waals surface area contributed by atoms with Crippen LogP contribution in [0.15, 0.2) is 47.6 Å². The topological polar surface area (TPSA) is 121 Å². The molecule has 1 saturated heterocycles. The van der Waals surface area contributed by atoms with Gasteiger partial charge < -0.3 is 10.0 Å². The molecule has 5 heterocycles. The Balaban J connectivity index is 1.41. The highest BCUT2D eigenvalue weighted by Crippen LogP contribution is 2.38. The lowest BCUT2D eigenvalue weighted by Crippen LogP contribution is -2.45. The predicted molar refractivity (Wildman–Crippen MR) is 160 cm³/mol. The second-order valence-electron chi connectivity index (χ2n) is 11.9. The Labute approximate surface area is 258 Å². The molecule has 0 spiro atoms. The maximum absolute atomic E-state index is 14.1. The van der Waals surface area contributed by atoms with Crippen molar-refractivity contribution >= 4 is 27.5 Å². The minimum absolute atomic E-state index is 0.0159. The fourth-order valence-corrected chi connectivity index (χ4v) is 8.24. The highest BCUT2D eigenvalue weighted by atomic mass is 32.2. The number of rotatable bonds is 6. The van der Waals surface area contributed by atoms with Crippen molar-refractivity contribution in [3.8, 4) is 0 Å². The minimum atomic E-state index is -4.71. The van der Waals surface area contributed by atoms with Gasteiger partial charge in [0.25, 0.3) is 0 Å². The number of carboxylic acids is 1. The van der Waals surface area contributed by atoms with E-state index in [2.05, 4.69) is 20.1 Å². The van der Waals surface area contributed by atoms with Crippen molar-refractivity contribution in [1.29, 1.82) is 0 Å². The normalized spacial score (nSPS) is 19.2. The number of alkyl halides is 3. The van der Waals surface area contributed by atoms with Gasteiger partial charge in [0.1, 0.15) is 10.7 Å². The number of sulfonamides is 1. The number of aryl methyl sites for hydroxylation is 3. The number of carbonyl (C=O) groups is 1. The molecular formula is C31H33F3N6O4S. The summed E-state index contributed by atoms with van der Waals surface area (Å²) in [7, 11) is -3.93. The molecule has 2 aliphatic heterocycles. The number of hydrogen-bond donors (Lipinski definition) is 1. The molecule has 4 aromatic rings. The molecule has 2 aliphatic rings. The lowest BCUT2D eigenvalue weighted by atomic mass is 9.85. The van der Waals surface area contributed by atoms with Crippen LogP contribution in [0.5, 0.6) is 0 Å². The first kappa shape index (κ1) is 31.0. The van der Waals surface area contributed by atoms with Gasteiger partial charge in [-0.25, -0.2) is 13.4 Å². The van der Waals surface area contributed by atoms with Crippen molar-refractivity contribution in [2.45, 2.75) is 76.0 Å². The molecule has 0 saturated carbocycles. The van der Waals surface area contributed by atoms with Crippen molar-refractivity contribution < 1.29 is 31.5 Å². The third kappa shape index (κ3) is 5.65. The fraction of sp³-hybridized carbons (Fsp3) is 0.419. The van der Waals surface area contributed by atoms with Crippen LogP contribution in [-0.2, 0) is 27.5 Å². The van der Waals surface area contributed by atoms with Crippen LogP contribution in [0.1, 0.15) is 70.8 Å². The van der Waals surface area contributed by atoms with Crippen LogP contribution in [0, 0.1) is 20.8 Å². The Hall–Kier alpha value is -4.04. The molecule has 0 unspecified atom stereocenters. The molecule has 1 fully saturated rings. The molecule has 1 aromatic carbocycles. The van der Waals surface area contributed by atoms with E-state index in [4.69, 9.17) is 0 Å². The zero-order chi connectivity index (χ0) is 32.3. The molecule has 0 amide bonds. The van der Waals surface area contributed by atoms with Gasteiger partial charge in [-0.2, -0.15) is 17.5 Å². The smallest absolute Gasteiger partial charge is 0.452 e. The van der Waals surface area contributed by atoms with Crippen molar-refractivity contribution in [2.75, 3.05) is 18.0 Å². The third-order valence-corrected chi connectivity index (χ3v) is 10.7. The highest BCUT2D eigenvalue weighted by Gasteiger charge is 2.40.